The molecule has 0 aromatic carbocycles. The van der Waals surface area contributed by atoms with Crippen molar-refractivity contribution >= 4 is 5.78 Å². The summed E-state index contributed by atoms with van der Waals surface area (Å²) in [5.74, 6) is 0.110. The van der Waals surface area contributed by atoms with Crippen LogP contribution in [0.1, 0.15) is 17.4 Å². The third kappa shape index (κ3) is 4.27. The van der Waals surface area contributed by atoms with Gasteiger partial charge < -0.3 is 9.72 Å². The van der Waals surface area contributed by atoms with E-state index in [4.69, 9.17) is 4.74 Å². The highest BCUT2D eigenvalue weighted by molar-refractivity contribution is 5.95. The van der Waals surface area contributed by atoms with Gasteiger partial charge in [-0.2, -0.15) is 0 Å². The molecule has 0 fully saturated rings. The molecule has 0 amide bonds. The van der Waals surface area contributed by atoms with Crippen molar-refractivity contribution in [2.24, 2.45) is 0 Å². The smallest absolute Gasteiger partial charge is 0.192 e. The summed E-state index contributed by atoms with van der Waals surface area (Å²) >= 11 is 0. The number of Topliss-reactive ketones (excluding diaryl/α,β-unsaturated/α-hetero) is 1. The Hall–Kier alpha value is -1.13. The van der Waals surface area contributed by atoms with Gasteiger partial charge in [-0.25, -0.2) is 0 Å². The van der Waals surface area contributed by atoms with E-state index in [9.17, 15) is 4.79 Å². The van der Waals surface area contributed by atoms with Crippen LogP contribution in [0.5, 0.6) is 0 Å². The SMILES string of the molecule is CCOCCN(C)CC(=O)c1ccc[nH]1. The Balaban J connectivity index is 2.26. The summed E-state index contributed by atoms with van der Waals surface area (Å²) in [6.45, 7) is 4.56. The quantitative estimate of drug-likeness (QED) is 0.542. The number of ketones is 1. The fourth-order valence-corrected chi connectivity index (χ4v) is 1.28. The lowest BCUT2D eigenvalue weighted by Gasteiger charge is -2.14. The third-order valence-corrected chi connectivity index (χ3v) is 2.13. The number of carbonyl (C=O) groups excluding carboxylic acids is 1. The zero-order valence-electron chi connectivity index (χ0n) is 9.32. The second-order valence-corrected chi connectivity index (χ2v) is 3.44. The topological polar surface area (TPSA) is 45.3 Å². The summed E-state index contributed by atoms with van der Waals surface area (Å²) in [5, 5.41) is 0. The Kier molecular flexibility index (Phi) is 5.07. The van der Waals surface area contributed by atoms with Gasteiger partial charge in [-0.3, -0.25) is 9.69 Å². The van der Waals surface area contributed by atoms with Crippen molar-refractivity contribution in [2.75, 3.05) is 33.4 Å². The van der Waals surface area contributed by atoms with E-state index in [1.165, 1.54) is 0 Å². The predicted octanol–water partition coefficient (Wildman–Crippen LogP) is 1.17. The average Bonchev–Trinajstić information content (AvgIpc) is 2.70. The highest BCUT2D eigenvalue weighted by atomic mass is 16.5. The number of aromatic nitrogens is 1. The van der Waals surface area contributed by atoms with E-state index in [1.54, 1.807) is 12.3 Å². The molecule has 0 atom stereocenters. The molecular weight excluding hydrogens is 192 g/mol. The minimum absolute atomic E-state index is 0.110. The zero-order chi connectivity index (χ0) is 11.1. The molecule has 0 spiro atoms. The van der Waals surface area contributed by atoms with Crippen LogP contribution < -0.4 is 0 Å². The number of ether oxygens (including phenoxy) is 1. The zero-order valence-corrected chi connectivity index (χ0v) is 9.32. The van der Waals surface area contributed by atoms with E-state index < -0.39 is 0 Å². The van der Waals surface area contributed by atoms with Crippen molar-refractivity contribution in [3.05, 3.63) is 24.0 Å². The van der Waals surface area contributed by atoms with Crippen molar-refractivity contribution in [3.8, 4) is 0 Å². The molecular formula is C11H18N2O2. The molecule has 84 valence electrons. The van der Waals surface area contributed by atoms with E-state index in [2.05, 4.69) is 4.98 Å². The highest BCUT2D eigenvalue weighted by Crippen LogP contribution is 1.97. The van der Waals surface area contributed by atoms with Crippen LogP contribution in [0.15, 0.2) is 18.3 Å². The molecule has 1 heterocycles. The van der Waals surface area contributed by atoms with E-state index in [1.807, 2.05) is 24.9 Å². The van der Waals surface area contributed by atoms with Gasteiger partial charge in [0.2, 0.25) is 0 Å². The number of carbonyl (C=O) groups is 1. The minimum atomic E-state index is 0.110. The van der Waals surface area contributed by atoms with E-state index in [0.717, 1.165) is 13.2 Å². The van der Waals surface area contributed by atoms with Gasteiger partial charge in [0.1, 0.15) is 0 Å². The second-order valence-electron chi connectivity index (χ2n) is 3.44. The molecule has 0 radical (unpaired) electrons. The number of aromatic amines is 1. The molecule has 0 unspecified atom stereocenters. The van der Waals surface area contributed by atoms with Crippen molar-refractivity contribution in [3.63, 3.8) is 0 Å². The molecule has 0 aliphatic heterocycles. The van der Waals surface area contributed by atoms with Gasteiger partial charge >= 0.3 is 0 Å². The maximum atomic E-state index is 11.6. The molecule has 0 saturated carbocycles. The standard InChI is InChI=1S/C11H18N2O2/c1-3-15-8-7-13(2)9-11(14)10-5-4-6-12-10/h4-6,12H,3,7-9H2,1-2H3. The van der Waals surface area contributed by atoms with Gasteiger partial charge in [0.05, 0.1) is 18.8 Å². The molecule has 15 heavy (non-hydrogen) atoms. The summed E-state index contributed by atoms with van der Waals surface area (Å²) in [6.07, 6.45) is 1.76. The fraction of sp³-hybridized carbons (Fsp3) is 0.545. The monoisotopic (exact) mass is 210 g/mol. The van der Waals surface area contributed by atoms with Crippen LogP contribution in [-0.2, 0) is 4.74 Å². The van der Waals surface area contributed by atoms with Crippen molar-refractivity contribution < 1.29 is 9.53 Å². The van der Waals surface area contributed by atoms with Crippen LogP contribution in [0, 0.1) is 0 Å². The van der Waals surface area contributed by atoms with Gasteiger partial charge in [-0.15, -0.1) is 0 Å². The van der Waals surface area contributed by atoms with Crippen molar-refractivity contribution in [1.29, 1.82) is 0 Å². The predicted molar refractivity (Wildman–Crippen MR) is 59.1 cm³/mol. The van der Waals surface area contributed by atoms with Crippen LogP contribution in [0.2, 0.25) is 0 Å². The summed E-state index contributed by atoms with van der Waals surface area (Å²) in [5.41, 5.74) is 0.665. The summed E-state index contributed by atoms with van der Waals surface area (Å²) < 4.78 is 5.22. The first-order valence-corrected chi connectivity index (χ1v) is 5.17. The van der Waals surface area contributed by atoms with Crippen LogP contribution in [-0.4, -0.2) is 49.0 Å². The first kappa shape index (κ1) is 11.9. The second kappa shape index (κ2) is 6.37. The first-order chi connectivity index (χ1) is 7.24. The number of rotatable bonds is 7. The Morgan fingerprint density at radius 2 is 2.40 bits per heavy atom. The lowest BCUT2D eigenvalue weighted by molar-refractivity contribution is 0.0893. The molecule has 1 rings (SSSR count). The molecule has 4 nitrogen and oxygen atoms in total. The number of H-pyrrole nitrogens is 1. The summed E-state index contributed by atoms with van der Waals surface area (Å²) in [4.78, 5) is 16.5. The van der Waals surface area contributed by atoms with Crippen molar-refractivity contribution in [2.45, 2.75) is 6.92 Å². The Labute approximate surface area is 90.2 Å². The molecule has 0 saturated heterocycles. The molecule has 4 heteroatoms. The van der Waals surface area contributed by atoms with Crippen molar-refractivity contribution in [1.82, 2.24) is 9.88 Å². The lowest BCUT2D eigenvalue weighted by atomic mass is 10.3. The first-order valence-electron chi connectivity index (χ1n) is 5.17. The Morgan fingerprint density at radius 3 is 3.00 bits per heavy atom. The molecule has 0 bridgehead atoms. The fourth-order valence-electron chi connectivity index (χ4n) is 1.28. The van der Waals surface area contributed by atoms with Gasteiger partial charge in [0.25, 0.3) is 0 Å². The minimum Gasteiger partial charge on any atom is -0.380 e. The third-order valence-electron chi connectivity index (χ3n) is 2.13. The molecule has 1 aromatic rings. The highest BCUT2D eigenvalue weighted by Gasteiger charge is 2.09. The van der Waals surface area contributed by atoms with Gasteiger partial charge in [-0.05, 0) is 26.1 Å². The van der Waals surface area contributed by atoms with E-state index in [0.29, 0.717) is 18.8 Å². The Bertz CT molecular complexity index is 283. The number of hydrogen-bond acceptors (Lipinski definition) is 3. The molecule has 1 N–H and O–H groups in total. The molecule has 0 aliphatic carbocycles. The lowest BCUT2D eigenvalue weighted by Crippen LogP contribution is -2.29. The largest absolute Gasteiger partial charge is 0.380 e. The van der Waals surface area contributed by atoms with Crippen LogP contribution in [0.4, 0.5) is 0 Å². The van der Waals surface area contributed by atoms with Gasteiger partial charge in [0, 0.05) is 19.3 Å². The molecule has 0 aliphatic rings. The molecule has 1 aromatic heterocycles. The van der Waals surface area contributed by atoms with Gasteiger partial charge in [-0.1, -0.05) is 0 Å². The number of hydrogen-bond donors (Lipinski definition) is 1. The summed E-state index contributed by atoms with van der Waals surface area (Å²) in [7, 11) is 1.92. The number of likely N-dealkylation sites (N-methyl/N-ethyl adjacent to an activating group) is 1. The van der Waals surface area contributed by atoms with E-state index in [-0.39, 0.29) is 5.78 Å². The summed E-state index contributed by atoms with van der Waals surface area (Å²) in [6, 6.07) is 3.62. The average molecular weight is 210 g/mol. The van der Waals surface area contributed by atoms with Crippen LogP contribution in [0.25, 0.3) is 0 Å². The van der Waals surface area contributed by atoms with Gasteiger partial charge in [0.15, 0.2) is 5.78 Å². The number of nitrogens with zero attached hydrogens (tertiary/aromatic N) is 1. The maximum Gasteiger partial charge on any atom is 0.192 e. The number of nitrogens with one attached hydrogen (secondary N) is 1. The maximum absolute atomic E-state index is 11.6. The Morgan fingerprint density at radius 1 is 1.60 bits per heavy atom. The van der Waals surface area contributed by atoms with Crippen LogP contribution in [0.3, 0.4) is 0 Å². The van der Waals surface area contributed by atoms with Crippen LogP contribution >= 0.6 is 0 Å². The normalized spacial score (nSPS) is 10.9. The van der Waals surface area contributed by atoms with E-state index >= 15 is 0 Å².